The van der Waals surface area contributed by atoms with Crippen LogP contribution >= 0.6 is 0 Å². The molecule has 0 radical (unpaired) electrons. The summed E-state index contributed by atoms with van der Waals surface area (Å²) in [6.07, 6.45) is 4.69. The van der Waals surface area contributed by atoms with Crippen LogP contribution in [0, 0.1) is 17.8 Å². The molecule has 4 N–H and O–H groups in total. The summed E-state index contributed by atoms with van der Waals surface area (Å²) in [7, 11) is -2.33. The monoisotopic (exact) mass is 782 g/mol. The van der Waals surface area contributed by atoms with Crippen LogP contribution in [0.3, 0.4) is 0 Å². The Hall–Kier alpha value is -4.64. The molecule has 2 aromatic rings. The Kier molecular flexibility index (Phi) is 10.9. The molecule has 0 spiro atoms. The molecule has 4 amide bonds. The van der Waals surface area contributed by atoms with E-state index in [9.17, 15) is 32.7 Å². The number of allylic oxidation sites excluding steroid dienone is 1. The van der Waals surface area contributed by atoms with E-state index in [0.29, 0.717) is 68.9 Å². The van der Waals surface area contributed by atoms with Crippen LogP contribution in [0.15, 0.2) is 36.4 Å². The third kappa shape index (κ3) is 8.32. The summed E-state index contributed by atoms with van der Waals surface area (Å²) in [4.78, 5) is 63.1. The van der Waals surface area contributed by atoms with E-state index in [-0.39, 0.29) is 31.2 Å². The van der Waals surface area contributed by atoms with Crippen molar-refractivity contribution in [1.82, 2.24) is 25.2 Å². The molecule has 4 fully saturated rings. The van der Waals surface area contributed by atoms with Gasteiger partial charge >= 0.3 is 6.09 Å². The Bertz CT molecular complexity index is 1970. The number of carbonyl (C=O) groups is 4. The Morgan fingerprint density at radius 1 is 1.09 bits per heavy atom. The number of anilines is 1. The predicted octanol–water partition coefficient (Wildman–Crippen LogP) is 2.56. The number of aromatic nitrogens is 1. The minimum atomic E-state index is -3.92. The van der Waals surface area contributed by atoms with Gasteiger partial charge in [0.2, 0.25) is 27.7 Å². The quantitative estimate of drug-likeness (QED) is 0.285. The number of morpholine rings is 1. The highest BCUT2D eigenvalue weighted by Crippen LogP contribution is 2.46. The van der Waals surface area contributed by atoms with Crippen molar-refractivity contribution in [2.75, 3.05) is 44.9 Å². The summed E-state index contributed by atoms with van der Waals surface area (Å²) in [6, 6.07) is 5.11. The second-order valence-electron chi connectivity index (χ2n) is 15.7. The van der Waals surface area contributed by atoms with Gasteiger partial charge in [0.05, 0.1) is 32.1 Å². The molecule has 7 rings (SSSR count). The number of ether oxygens (including phenoxy) is 3. The van der Waals surface area contributed by atoms with Gasteiger partial charge in [-0.15, -0.1) is 0 Å². The van der Waals surface area contributed by atoms with Crippen molar-refractivity contribution >= 4 is 50.4 Å². The number of nitrogens with zero attached hydrogens (tertiary/aromatic N) is 3. The molecule has 7 atom stereocenters. The average molecular weight is 783 g/mol. The molecule has 2 aliphatic carbocycles. The molecule has 17 heteroatoms. The molecular weight excluding hydrogens is 733 g/mol. The number of hydrogen-bond donors (Lipinski definition) is 4. The lowest BCUT2D eigenvalue weighted by atomic mass is 9.88. The van der Waals surface area contributed by atoms with Gasteiger partial charge in [0.1, 0.15) is 35.3 Å². The summed E-state index contributed by atoms with van der Waals surface area (Å²) in [6.45, 7) is 6.10. The highest BCUT2D eigenvalue weighted by molar-refractivity contribution is 7.91. The zero-order chi connectivity index (χ0) is 39.1. The fourth-order valence-electron chi connectivity index (χ4n) is 8.15. The predicted molar refractivity (Wildman–Crippen MR) is 201 cm³/mol. The molecule has 55 heavy (non-hydrogen) atoms. The number of nitrogens with one attached hydrogen (secondary N) is 3. The number of amides is 4. The zero-order valence-corrected chi connectivity index (χ0v) is 32.2. The number of carboxylic acid groups (broad SMARTS) is 1. The molecule has 5 aliphatic rings. The minimum Gasteiger partial charge on any atom is -0.497 e. The fourth-order valence-corrected chi connectivity index (χ4v) is 9.51. The van der Waals surface area contributed by atoms with Crippen molar-refractivity contribution in [2.24, 2.45) is 17.8 Å². The maximum Gasteiger partial charge on any atom is 0.405 e. The first-order valence-corrected chi connectivity index (χ1v) is 20.7. The van der Waals surface area contributed by atoms with Crippen LogP contribution in [0.2, 0.25) is 0 Å². The Balaban J connectivity index is 1.23. The van der Waals surface area contributed by atoms with E-state index in [1.807, 2.05) is 44.2 Å². The first kappa shape index (κ1) is 38.6. The molecule has 298 valence electrons. The largest absolute Gasteiger partial charge is 0.497 e. The van der Waals surface area contributed by atoms with Gasteiger partial charge in [-0.1, -0.05) is 26.0 Å². The average Bonchev–Trinajstić information content (AvgIpc) is 4.08. The second kappa shape index (κ2) is 15.5. The zero-order valence-electron chi connectivity index (χ0n) is 31.4. The smallest absolute Gasteiger partial charge is 0.405 e. The van der Waals surface area contributed by atoms with Crippen LogP contribution < -0.4 is 29.7 Å². The van der Waals surface area contributed by atoms with Crippen LogP contribution in [0.4, 0.5) is 10.6 Å². The lowest BCUT2D eigenvalue weighted by Gasteiger charge is -2.32. The van der Waals surface area contributed by atoms with Crippen molar-refractivity contribution < 1.29 is 46.9 Å². The maximum atomic E-state index is 14.5. The van der Waals surface area contributed by atoms with E-state index in [4.69, 9.17) is 19.2 Å². The van der Waals surface area contributed by atoms with Gasteiger partial charge < -0.3 is 39.8 Å². The standard InChI is InChI=1S/C38H50N6O10S/c1-22-6-4-5-7-25-20-38(25,36(47)42-55(50,51)28-9-10-28)41-33(45)30-19-27(21-44(30)35(46)32(23(2)16-22)40-37(48)49)54-34-29-11-8-26(52-3)17-24(29)18-31(39-34)43-12-14-53-15-13-43/h5,7-8,11,17-18,22-23,25,27-28,30,32,40H,4,6,9-10,12-16,19-21H2,1-3H3,(H,41,45)(H,42,47)(H,48,49)/b7-5-/t22-,23-,25?,27-,30+,32+,38?/m1/s1. The van der Waals surface area contributed by atoms with E-state index < -0.39 is 74.7 Å². The third-order valence-electron chi connectivity index (χ3n) is 11.5. The van der Waals surface area contributed by atoms with Crippen molar-refractivity contribution in [3.63, 3.8) is 0 Å². The van der Waals surface area contributed by atoms with Gasteiger partial charge in [0, 0.05) is 30.8 Å². The summed E-state index contributed by atoms with van der Waals surface area (Å²) >= 11 is 0. The number of benzene rings is 1. The molecule has 1 aromatic heterocycles. The lowest BCUT2D eigenvalue weighted by molar-refractivity contribution is -0.142. The number of hydrogen-bond acceptors (Lipinski definition) is 11. The van der Waals surface area contributed by atoms with Gasteiger partial charge in [-0.3, -0.25) is 19.1 Å². The van der Waals surface area contributed by atoms with Crippen molar-refractivity contribution in [3.05, 3.63) is 36.4 Å². The highest BCUT2D eigenvalue weighted by atomic mass is 32.2. The first-order chi connectivity index (χ1) is 26.3. The molecule has 16 nitrogen and oxygen atoms in total. The number of rotatable bonds is 8. The molecule has 4 heterocycles. The molecule has 1 aromatic carbocycles. The molecule has 2 saturated carbocycles. The summed E-state index contributed by atoms with van der Waals surface area (Å²) in [5.41, 5.74) is -1.54. The van der Waals surface area contributed by atoms with E-state index in [1.54, 1.807) is 13.2 Å². The molecular formula is C38H50N6O10S. The van der Waals surface area contributed by atoms with E-state index in [0.717, 1.165) is 11.8 Å². The van der Waals surface area contributed by atoms with Crippen molar-refractivity contribution in [1.29, 1.82) is 0 Å². The third-order valence-corrected chi connectivity index (χ3v) is 13.3. The topological polar surface area (TPSA) is 206 Å². The Morgan fingerprint density at radius 3 is 2.56 bits per heavy atom. The molecule has 2 saturated heterocycles. The number of pyridine rings is 1. The van der Waals surface area contributed by atoms with Gasteiger partial charge in [-0.2, -0.15) is 4.98 Å². The van der Waals surface area contributed by atoms with Gasteiger partial charge in [-0.25, -0.2) is 13.2 Å². The van der Waals surface area contributed by atoms with E-state index in [1.165, 1.54) is 4.90 Å². The van der Waals surface area contributed by atoms with Crippen LogP contribution in [-0.4, -0.2) is 116 Å². The number of carbonyl (C=O) groups excluding carboxylic acids is 3. The van der Waals surface area contributed by atoms with Crippen molar-refractivity contribution in [2.45, 2.75) is 87.8 Å². The normalized spacial score (nSPS) is 30.9. The van der Waals surface area contributed by atoms with Crippen LogP contribution in [0.5, 0.6) is 11.6 Å². The minimum absolute atomic E-state index is 0.00182. The van der Waals surface area contributed by atoms with Crippen molar-refractivity contribution in [3.8, 4) is 11.6 Å². The summed E-state index contributed by atoms with van der Waals surface area (Å²) < 4.78 is 45.6. The summed E-state index contributed by atoms with van der Waals surface area (Å²) in [5.74, 6) is -1.22. The highest BCUT2D eigenvalue weighted by Gasteiger charge is 2.62. The Morgan fingerprint density at radius 2 is 1.85 bits per heavy atom. The van der Waals surface area contributed by atoms with Crippen LogP contribution in [0.1, 0.15) is 58.8 Å². The SMILES string of the molecule is COc1ccc2c(O[C@@H]3C[C@H]4C(=O)NC5(C(=O)NS(=O)(=O)C6CC6)CC5/C=C\CC[C@@H](C)C[C@@H](C)[C@H](NC(=O)O)C(=O)N4C3)nc(N3CCOCC3)cc2c1. The summed E-state index contributed by atoms with van der Waals surface area (Å²) in [5, 5.41) is 16.0. The van der Waals surface area contributed by atoms with Gasteiger partial charge in [-0.05, 0) is 80.0 Å². The van der Waals surface area contributed by atoms with Crippen LogP contribution in [-0.2, 0) is 29.1 Å². The molecule has 2 unspecified atom stereocenters. The Labute approximate surface area is 320 Å². The second-order valence-corrected chi connectivity index (χ2v) is 17.6. The first-order valence-electron chi connectivity index (χ1n) is 19.1. The molecule has 3 aliphatic heterocycles. The number of sulfonamides is 1. The fraction of sp³-hybridized carbons (Fsp3) is 0.605. The number of fused-ring (bicyclic) bond motifs is 3. The van der Waals surface area contributed by atoms with E-state index in [2.05, 4.69) is 20.3 Å². The lowest BCUT2D eigenvalue weighted by Crippen LogP contribution is -2.59. The molecule has 0 bridgehead atoms. The van der Waals surface area contributed by atoms with Gasteiger partial charge in [0.25, 0.3) is 5.91 Å². The maximum absolute atomic E-state index is 14.5. The van der Waals surface area contributed by atoms with Crippen LogP contribution in [0.25, 0.3) is 10.8 Å². The van der Waals surface area contributed by atoms with E-state index >= 15 is 0 Å². The van der Waals surface area contributed by atoms with Gasteiger partial charge in [0.15, 0.2) is 0 Å². The number of methoxy groups -OCH3 is 1.